The number of nitrogens with zero attached hydrogens (tertiary/aromatic N) is 1. The number of carbonyl (C=O) groups is 1. The van der Waals surface area contributed by atoms with Crippen LogP contribution in [0, 0.1) is 6.92 Å². The average Bonchev–Trinajstić information content (AvgIpc) is 2.97. The smallest absolute Gasteiger partial charge is 0.258 e. The van der Waals surface area contributed by atoms with E-state index in [9.17, 15) is 4.79 Å². The standard InChI is InChI=1S/C18H18N2O3/c1-12-6-5-7-14(10-12)22-11-17(21)19-13(2)18-20-15-8-3-4-9-16(15)23-18/h3-10,13H,11H2,1-2H3,(H,19,21). The summed E-state index contributed by atoms with van der Waals surface area (Å²) >= 11 is 0. The van der Waals surface area contributed by atoms with Gasteiger partial charge in [0.2, 0.25) is 5.89 Å². The molecular formula is C18H18N2O3. The molecule has 3 aromatic rings. The number of rotatable bonds is 5. The van der Waals surface area contributed by atoms with Crippen molar-refractivity contribution in [2.24, 2.45) is 0 Å². The fraction of sp³-hybridized carbons (Fsp3) is 0.222. The van der Waals surface area contributed by atoms with Crippen molar-refractivity contribution in [2.45, 2.75) is 19.9 Å². The minimum Gasteiger partial charge on any atom is -0.484 e. The van der Waals surface area contributed by atoms with E-state index in [1.807, 2.05) is 62.4 Å². The quantitative estimate of drug-likeness (QED) is 0.784. The van der Waals surface area contributed by atoms with Crippen LogP contribution in [-0.4, -0.2) is 17.5 Å². The second-order valence-corrected chi connectivity index (χ2v) is 5.41. The summed E-state index contributed by atoms with van der Waals surface area (Å²) in [6.07, 6.45) is 0. The molecule has 0 aliphatic heterocycles. The van der Waals surface area contributed by atoms with Crippen molar-refractivity contribution in [1.82, 2.24) is 10.3 Å². The lowest BCUT2D eigenvalue weighted by Crippen LogP contribution is -2.31. The van der Waals surface area contributed by atoms with E-state index in [0.29, 0.717) is 17.2 Å². The summed E-state index contributed by atoms with van der Waals surface area (Å²) in [6.45, 7) is 3.76. The summed E-state index contributed by atoms with van der Waals surface area (Å²) in [5, 5.41) is 2.82. The zero-order valence-electron chi connectivity index (χ0n) is 13.1. The number of oxazole rings is 1. The molecule has 0 aliphatic carbocycles. The first kappa shape index (κ1) is 15.1. The Hall–Kier alpha value is -2.82. The third-order valence-electron chi connectivity index (χ3n) is 3.42. The SMILES string of the molecule is Cc1cccc(OCC(=O)NC(C)c2nc3ccccc3o2)c1. The van der Waals surface area contributed by atoms with Gasteiger partial charge in [0.15, 0.2) is 12.2 Å². The molecule has 1 aromatic heterocycles. The molecular weight excluding hydrogens is 292 g/mol. The van der Waals surface area contributed by atoms with Gasteiger partial charge in [0.1, 0.15) is 17.3 Å². The number of ether oxygens (including phenoxy) is 1. The van der Waals surface area contributed by atoms with E-state index in [2.05, 4.69) is 10.3 Å². The predicted octanol–water partition coefficient (Wildman–Crippen LogP) is 3.39. The fourth-order valence-corrected chi connectivity index (χ4v) is 2.27. The molecule has 5 heteroatoms. The molecule has 5 nitrogen and oxygen atoms in total. The third-order valence-corrected chi connectivity index (χ3v) is 3.42. The second kappa shape index (κ2) is 6.52. The van der Waals surface area contributed by atoms with Crippen molar-refractivity contribution >= 4 is 17.0 Å². The zero-order chi connectivity index (χ0) is 16.2. The van der Waals surface area contributed by atoms with Crippen LogP contribution >= 0.6 is 0 Å². The number of hydrogen-bond donors (Lipinski definition) is 1. The highest BCUT2D eigenvalue weighted by Gasteiger charge is 2.16. The Morgan fingerprint density at radius 1 is 1.26 bits per heavy atom. The van der Waals surface area contributed by atoms with Crippen molar-refractivity contribution < 1.29 is 13.9 Å². The first-order valence-corrected chi connectivity index (χ1v) is 7.46. The normalized spacial score (nSPS) is 12.1. The Morgan fingerprint density at radius 2 is 2.09 bits per heavy atom. The van der Waals surface area contributed by atoms with E-state index in [4.69, 9.17) is 9.15 Å². The Labute approximate surface area is 134 Å². The highest BCUT2D eigenvalue weighted by Crippen LogP contribution is 2.19. The lowest BCUT2D eigenvalue weighted by atomic mass is 10.2. The molecule has 1 amide bonds. The van der Waals surface area contributed by atoms with Crippen LogP contribution < -0.4 is 10.1 Å². The number of para-hydroxylation sites is 2. The van der Waals surface area contributed by atoms with Crippen LogP contribution in [0.25, 0.3) is 11.1 Å². The van der Waals surface area contributed by atoms with Gasteiger partial charge in [-0.15, -0.1) is 0 Å². The van der Waals surface area contributed by atoms with Gasteiger partial charge in [0, 0.05) is 0 Å². The molecule has 1 atom stereocenters. The average molecular weight is 310 g/mol. The van der Waals surface area contributed by atoms with Crippen LogP contribution in [0.15, 0.2) is 52.9 Å². The summed E-state index contributed by atoms with van der Waals surface area (Å²) in [5.41, 5.74) is 2.57. The molecule has 0 saturated heterocycles. The minimum absolute atomic E-state index is 0.0476. The Balaban J connectivity index is 1.58. The topological polar surface area (TPSA) is 64.4 Å². The number of aromatic nitrogens is 1. The molecule has 2 aromatic carbocycles. The molecule has 0 saturated carbocycles. The monoisotopic (exact) mass is 310 g/mol. The van der Waals surface area contributed by atoms with E-state index in [-0.39, 0.29) is 18.6 Å². The third kappa shape index (κ3) is 3.69. The highest BCUT2D eigenvalue weighted by atomic mass is 16.5. The lowest BCUT2D eigenvalue weighted by Gasteiger charge is -2.11. The molecule has 118 valence electrons. The highest BCUT2D eigenvalue weighted by molar-refractivity contribution is 5.78. The van der Waals surface area contributed by atoms with Crippen LogP contribution in [0.1, 0.15) is 24.4 Å². The van der Waals surface area contributed by atoms with E-state index in [1.165, 1.54) is 0 Å². The summed E-state index contributed by atoms with van der Waals surface area (Å²) < 4.78 is 11.1. The Bertz CT molecular complexity index is 793. The zero-order valence-corrected chi connectivity index (χ0v) is 13.1. The van der Waals surface area contributed by atoms with Gasteiger partial charge in [-0.25, -0.2) is 4.98 Å². The summed E-state index contributed by atoms with van der Waals surface area (Å²) in [5.74, 6) is 0.936. The molecule has 0 fully saturated rings. The number of carbonyl (C=O) groups excluding carboxylic acids is 1. The van der Waals surface area contributed by atoms with Gasteiger partial charge in [0.05, 0.1) is 0 Å². The summed E-state index contributed by atoms with van der Waals surface area (Å²) in [7, 11) is 0. The molecule has 0 spiro atoms. The second-order valence-electron chi connectivity index (χ2n) is 5.41. The lowest BCUT2D eigenvalue weighted by molar-refractivity contribution is -0.123. The van der Waals surface area contributed by atoms with Gasteiger partial charge in [-0.3, -0.25) is 4.79 Å². The minimum atomic E-state index is -0.323. The maximum atomic E-state index is 12.0. The molecule has 0 aliphatic rings. The van der Waals surface area contributed by atoms with Crippen molar-refractivity contribution in [3.8, 4) is 5.75 Å². The largest absolute Gasteiger partial charge is 0.484 e. The van der Waals surface area contributed by atoms with Crippen molar-refractivity contribution in [2.75, 3.05) is 6.61 Å². The molecule has 0 radical (unpaired) electrons. The number of amides is 1. The van der Waals surface area contributed by atoms with Crippen LogP contribution in [-0.2, 0) is 4.79 Å². The van der Waals surface area contributed by atoms with Crippen LogP contribution in [0.4, 0.5) is 0 Å². The van der Waals surface area contributed by atoms with E-state index < -0.39 is 0 Å². The van der Waals surface area contributed by atoms with Gasteiger partial charge in [0.25, 0.3) is 5.91 Å². The molecule has 1 N–H and O–H groups in total. The number of fused-ring (bicyclic) bond motifs is 1. The fourth-order valence-electron chi connectivity index (χ4n) is 2.27. The van der Waals surface area contributed by atoms with Crippen molar-refractivity contribution in [3.05, 3.63) is 60.0 Å². The predicted molar refractivity (Wildman–Crippen MR) is 87.2 cm³/mol. The van der Waals surface area contributed by atoms with E-state index >= 15 is 0 Å². The molecule has 3 rings (SSSR count). The molecule has 23 heavy (non-hydrogen) atoms. The van der Waals surface area contributed by atoms with Crippen LogP contribution in [0.3, 0.4) is 0 Å². The van der Waals surface area contributed by atoms with Gasteiger partial charge >= 0.3 is 0 Å². The number of benzene rings is 2. The molecule has 1 heterocycles. The van der Waals surface area contributed by atoms with Crippen molar-refractivity contribution in [1.29, 1.82) is 0 Å². The van der Waals surface area contributed by atoms with Crippen LogP contribution in [0.2, 0.25) is 0 Å². The van der Waals surface area contributed by atoms with Gasteiger partial charge in [-0.2, -0.15) is 0 Å². The maximum Gasteiger partial charge on any atom is 0.258 e. The van der Waals surface area contributed by atoms with Gasteiger partial charge in [-0.05, 0) is 43.7 Å². The van der Waals surface area contributed by atoms with Crippen LogP contribution in [0.5, 0.6) is 5.75 Å². The summed E-state index contributed by atoms with van der Waals surface area (Å²) in [6, 6.07) is 14.8. The van der Waals surface area contributed by atoms with Crippen molar-refractivity contribution in [3.63, 3.8) is 0 Å². The summed E-state index contributed by atoms with van der Waals surface area (Å²) in [4.78, 5) is 16.4. The first-order valence-electron chi connectivity index (χ1n) is 7.46. The van der Waals surface area contributed by atoms with Gasteiger partial charge < -0.3 is 14.5 Å². The van der Waals surface area contributed by atoms with Gasteiger partial charge in [-0.1, -0.05) is 24.3 Å². The number of aryl methyl sites for hydroxylation is 1. The first-order chi connectivity index (χ1) is 11.1. The van der Waals surface area contributed by atoms with E-state index in [0.717, 1.165) is 11.1 Å². The van der Waals surface area contributed by atoms with E-state index in [1.54, 1.807) is 0 Å². The maximum absolute atomic E-state index is 12.0. The Morgan fingerprint density at radius 3 is 2.87 bits per heavy atom. The Kier molecular flexibility index (Phi) is 4.28. The number of hydrogen-bond acceptors (Lipinski definition) is 4. The molecule has 0 bridgehead atoms. The number of nitrogens with one attached hydrogen (secondary N) is 1. The molecule has 1 unspecified atom stereocenters.